The summed E-state index contributed by atoms with van der Waals surface area (Å²) >= 11 is 0.338. The number of nitrogens with zero attached hydrogens (tertiary/aromatic N) is 2. The molecule has 1 fully saturated rings. The molecule has 0 unspecified atom stereocenters. The molecule has 1 aliphatic rings. The Morgan fingerprint density at radius 2 is 1.91 bits per heavy atom. The van der Waals surface area contributed by atoms with E-state index in [9.17, 15) is 27.3 Å². The molecule has 32 heavy (non-hydrogen) atoms. The third-order valence-electron chi connectivity index (χ3n) is 4.57. The van der Waals surface area contributed by atoms with Crippen LogP contribution in [0.2, 0.25) is 0 Å². The number of ether oxygens (including phenoxy) is 3. The molecule has 1 aliphatic heterocycles. The first kappa shape index (κ1) is 24.2. The number of hydrogen-bond acceptors (Lipinski definition) is 8. The van der Waals surface area contributed by atoms with Gasteiger partial charge in [-0.1, -0.05) is 17.8 Å². The number of nitro groups is 1. The molecule has 0 amide bonds. The van der Waals surface area contributed by atoms with Crippen LogP contribution < -0.4 is 9.47 Å². The third kappa shape index (κ3) is 5.65. The summed E-state index contributed by atoms with van der Waals surface area (Å²) in [6, 6.07) is 7.91. The Bertz CT molecular complexity index is 1080. The summed E-state index contributed by atoms with van der Waals surface area (Å²) in [4.78, 5) is 10.8. The highest BCUT2D eigenvalue weighted by atomic mass is 32.2. The lowest BCUT2D eigenvalue weighted by Gasteiger charge is -2.26. The van der Waals surface area contributed by atoms with Crippen molar-refractivity contribution in [3.63, 3.8) is 0 Å². The van der Waals surface area contributed by atoms with Crippen LogP contribution in [0.5, 0.6) is 11.5 Å². The minimum atomic E-state index is -3.91. The minimum Gasteiger partial charge on any atom is -0.496 e. The van der Waals surface area contributed by atoms with E-state index in [1.165, 1.54) is 41.7 Å². The fraction of sp³-hybridized carbons (Fsp3) is 0.368. The lowest BCUT2D eigenvalue weighted by molar-refractivity contribution is -0.386. The van der Waals surface area contributed by atoms with Gasteiger partial charge in [0, 0.05) is 19.2 Å². The quantitative estimate of drug-likeness (QED) is 0.299. The normalized spacial score (nSPS) is 15.0. The summed E-state index contributed by atoms with van der Waals surface area (Å²) in [6.45, 7) is 0.708. The van der Waals surface area contributed by atoms with Gasteiger partial charge in [-0.3, -0.25) is 10.1 Å². The first-order valence-corrected chi connectivity index (χ1v) is 11.6. The largest absolute Gasteiger partial charge is 0.496 e. The van der Waals surface area contributed by atoms with Crippen LogP contribution in [0, 0.1) is 10.1 Å². The summed E-state index contributed by atoms with van der Waals surface area (Å²) in [5.74, 6) is -2.51. The molecule has 1 saturated heterocycles. The van der Waals surface area contributed by atoms with Crippen molar-refractivity contribution in [1.82, 2.24) is 4.31 Å². The molecule has 0 N–H and O–H groups in total. The van der Waals surface area contributed by atoms with Crippen LogP contribution in [0.4, 0.5) is 14.5 Å². The second-order valence-electron chi connectivity index (χ2n) is 6.56. The second-order valence-corrected chi connectivity index (χ2v) is 9.53. The number of alkyl halides is 2. The average molecular weight is 491 g/mol. The van der Waals surface area contributed by atoms with Crippen LogP contribution in [0.1, 0.15) is 5.56 Å². The zero-order valence-electron chi connectivity index (χ0n) is 16.9. The Morgan fingerprint density at radius 1 is 1.19 bits per heavy atom. The van der Waals surface area contributed by atoms with Gasteiger partial charge < -0.3 is 14.2 Å². The number of nitro benzene ring substituents is 1. The van der Waals surface area contributed by atoms with Crippen molar-refractivity contribution in [2.45, 2.75) is 22.2 Å². The van der Waals surface area contributed by atoms with Crippen molar-refractivity contribution in [3.8, 4) is 11.5 Å². The van der Waals surface area contributed by atoms with Crippen molar-refractivity contribution in [2.24, 2.45) is 0 Å². The number of benzene rings is 2. The van der Waals surface area contributed by atoms with E-state index in [0.29, 0.717) is 17.3 Å². The predicted molar refractivity (Wildman–Crippen MR) is 112 cm³/mol. The number of hydrogen-bond donors (Lipinski definition) is 0. The van der Waals surface area contributed by atoms with Crippen LogP contribution in [0.25, 0.3) is 0 Å². The maximum Gasteiger partial charge on any atom is 0.312 e. The molecule has 2 aromatic rings. The highest BCUT2D eigenvalue weighted by Gasteiger charge is 2.29. The van der Waals surface area contributed by atoms with Gasteiger partial charge in [-0.25, -0.2) is 8.42 Å². The minimum absolute atomic E-state index is 0.119. The molecule has 1 heterocycles. The second kappa shape index (κ2) is 10.4. The summed E-state index contributed by atoms with van der Waals surface area (Å²) in [5, 5.41) is 11.5. The van der Waals surface area contributed by atoms with Crippen LogP contribution >= 0.6 is 11.8 Å². The smallest absolute Gasteiger partial charge is 0.312 e. The number of halogens is 2. The maximum absolute atomic E-state index is 12.8. The van der Waals surface area contributed by atoms with Gasteiger partial charge in [0.05, 0.1) is 35.0 Å². The van der Waals surface area contributed by atoms with Crippen LogP contribution in [-0.2, 0) is 21.4 Å². The van der Waals surface area contributed by atoms with Crippen molar-refractivity contribution in [3.05, 3.63) is 52.1 Å². The van der Waals surface area contributed by atoms with Gasteiger partial charge in [-0.2, -0.15) is 13.1 Å². The highest BCUT2D eigenvalue weighted by Crippen LogP contribution is 2.35. The summed E-state index contributed by atoms with van der Waals surface area (Å²) in [6.07, 6.45) is 0. The van der Waals surface area contributed by atoms with E-state index in [0.717, 1.165) is 6.07 Å². The highest BCUT2D eigenvalue weighted by molar-refractivity contribution is 7.99. The standard InChI is InChI=1S/C19H20F2N2O7S2/c1-28-17-10-13(2-5-18(17)31-19(20)21)12-30-16-4-3-14(11-15(16)23(24)25)32(26,27)22-6-8-29-9-7-22/h2-5,10-11,19H,6-9,12H2,1H3. The fourth-order valence-corrected chi connectivity index (χ4v) is 5.04. The van der Waals surface area contributed by atoms with Gasteiger partial charge in [0.2, 0.25) is 10.0 Å². The molecule has 0 aliphatic carbocycles. The molecule has 13 heteroatoms. The number of morpholine rings is 1. The average Bonchev–Trinajstić information content (AvgIpc) is 2.78. The van der Waals surface area contributed by atoms with Crippen LogP contribution in [-0.4, -0.2) is 56.8 Å². The van der Waals surface area contributed by atoms with Crippen LogP contribution in [0.15, 0.2) is 46.2 Å². The number of sulfonamides is 1. The Morgan fingerprint density at radius 3 is 2.53 bits per heavy atom. The molecule has 0 aromatic heterocycles. The molecule has 0 radical (unpaired) electrons. The van der Waals surface area contributed by atoms with Crippen molar-refractivity contribution >= 4 is 27.5 Å². The zero-order chi connectivity index (χ0) is 23.3. The number of methoxy groups -OCH3 is 1. The Kier molecular flexibility index (Phi) is 7.87. The molecular weight excluding hydrogens is 470 g/mol. The van der Waals surface area contributed by atoms with Gasteiger partial charge in [0.1, 0.15) is 12.4 Å². The Labute approximate surface area is 187 Å². The SMILES string of the molecule is COc1cc(COc2ccc(S(=O)(=O)N3CCOCC3)cc2[N+](=O)[O-])ccc1SC(F)F. The predicted octanol–water partition coefficient (Wildman–Crippen LogP) is 3.52. The molecule has 2 aromatic carbocycles. The lowest BCUT2D eigenvalue weighted by Crippen LogP contribution is -2.40. The zero-order valence-corrected chi connectivity index (χ0v) is 18.5. The van der Waals surface area contributed by atoms with Gasteiger partial charge in [-0.15, -0.1) is 0 Å². The van der Waals surface area contributed by atoms with Crippen molar-refractivity contribution < 1.29 is 36.3 Å². The molecule has 0 saturated carbocycles. The topological polar surface area (TPSA) is 108 Å². The van der Waals surface area contributed by atoms with E-state index in [2.05, 4.69) is 0 Å². The molecule has 174 valence electrons. The molecular formula is C19H20F2N2O7S2. The van der Waals surface area contributed by atoms with E-state index in [1.807, 2.05) is 0 Å². The summed E-state index contributed by atoms with van der Waals surface area (Å²) in [7, 11) is -2.57. The third-order valence-corrected chi connectivity index (χ3v) is 7.24. The van der Waals surface area contributed by atoms with Crippen molar-refractivity contribution in [2.75, 3.05) is 33.4 Å². The lowest BCUT2D eigenvalue weighted by atomic mass is 10.2. The van der Waals surface area contributed by atoms with Gasteiger partial charge >= 0.3 is 5.69 Å². The van der Waals surface area contributed by atoms with E-state index in [4.69, 9.17) is 14.2 Å². The van der Waals surface area contributed by atoms with Crippen molar-refractivity contribution in [1.29, 1.82) is 0 Å². The number of rotatable bonds is 9. The maximum atomic E-state index is 12.8. The molecule has 0 bridgehead atoms. The molecule has 9 nitrogen and oxygen atoms in total. The van der Waals surface area contributed by atoms with E-state index < -0.39 is 26.4 Å². The van der Waals surface area contributed by atoms with Gasteiger partial charge in [-0.05, 0) is 29.8 Å². The number of thioether (sulfide) groups is 1. The molecule has 0 spiro atoms. The van der Waals surface area contributed by atoms with E-state index in [-0.39, 0.29) is 54.2 Å². The summed E-state index contributed by atoms with van der Waals surface area (Å²) < 4.78 is 67.8. The Balaban J connectivity index is 1.81. The van der Waals surface area contributed by atoms with Gasteiger partial charge in [0.15, 0.2) is 5.75 Å². The van der Waals surface area contributed by atoms with Gasteiger partial charge in [0.25, 0.3) is 5.76 Å². The summed E-state index contributed by atoms with van der Waals surface area (Å²) in [5.41, 5.74) is 0.0240. The molecule has 0 atom stereocenters. The Hall–Kier alpha value is -2.48. The van der Waals surface area contributed by atoms with E-state index in [1.54, 1.807) is 0 Å². The van der Waals surface area contributed by atoms with Crippen LogP contribution in [0.3, 0.4) is 0 Å². The first-order chi connectivity index (χ1) is 15.2. The monoisotopic (exact) mass is 490 g/mol. The molecule has 3 rings (SSSR count). The first-order valence-electron chi connectivity index (χ1n) is 9.33. The fourth-order valence-electron chi connectivity index (χ4n) is 3.01. The van der Waals surface area contributed by atoms with E-state index >= 15 is 0 Å².